The number of hydrogen-bond donors (Lipinski definition) is 1. The van der Waals surface area contributed by atoms with Crippen molar-refractivity contribution in [2.24, 2.45) is 0 Å². The van der Waals surface area contributed by atoms with E-state index in [1.165, 1.54) is 10.4 Å². The molecule has 0 aliphatic heterocycles. The fourth-order valence-electron chi connectivity index (χ4n) is 1.73. The van der Waals surface area contributed by atoms with E-state index in [0.717, 1.165) is 19.3 Å². The molecule has 18 heavy (non-hydrogen) atoms. The molecule has 1 aromatic heterocycles. The molecule has 1 rings (SSSR count). The van der Waals surface area contributed by atoms with Crippen LogP contribution in [0, 0.1) is 6.92 Å². The van der Waals surface area contributed by atoms with Crippen molar-refractivity contribution in [3.8, 4) is 0 Å². The molecule has 1 heterocycles. The van der Waals surface area contributed by atoms with Crippen molar-refractivity contribution in [2.45, 2.75) is 44.6 Å². The second kappa shape index (κ2) is 6.36. The summed E-state index contributed by atoms with van der Waals surface area (Å²) >= 11 is 0. The van der Waals surface area contributed by atoms with Gasteiger partial charge in [0.2, 0.25) is 10.0 Å². The van der Waals surface area contributed by atoms with Gasteiger partial charge in [0, 0.05) is 19.7 Å². The molecule has 0 fully saturated rings. The minimum Gasteiger partial charge on any atom is -0.462 e. The number of unbranched alkanes of at least 4 members (excludes halogenated alkanes) is 2. The third-order valence-corrected chi connectivity index (χ3v) is 4.81. The minimum absolute atomic E-state index is 0.144. The zero-order chi connectivity index (χ0) is 13.8. The predicted octanol–water partition coefficient (Wildman–Crippen LogP) is 1.89. The Morgan fingerprint density at radius 2 is 2.06 bits per heavy atom. The van der Waals surface area contributed by atoms with Crippen molar-refractivity contribution in [3.63, 3.8) is 0 Å². The zero-order valence-corrected chi connectivity index (χ0v) is 12.0. The number of nitrogens with zero attached hydrogens (tertiary/aromatic N) is 1. The van der Waals surface area contributed by atoms with Gasteiger partial charge in [-0.1, -0.05) is 19.8 Å². The number of hydrogen-bond acceptors (Lipinski definition) is 4. The van der Waals surface area contributed by atoms with Crippen LogP contribution < -0.4 is 0 Å². The molecule has 0 amide bonds. The van der Waals surface area contributed by atoms with Gasteiger partial charge in [-0.3, -0.25) is 0 Å². The Morgan fingerprint density at radius 3 is 2.56 bits per heavy atom. The van der Waals surface area contributed by atoms with Gasteiger partial charge in [-0.05, 0) is 13.3 Å². The molecule has 0 radical (unpaired) electrons. The molecule has 0 aliphatic carbocycles. The van der Waals surface area contributed by atoms with Crippen LogP contribution >= 0.6 is 0 Å². The molecule has 0 spiro atoms. The normalized spacial score (nSPS) is 12.3. The number of furan rings is 1. The summed E-state index contributed by atoms with van der Waals surface area (Å²) in [6.07, 6.45) is 2.90. The second-order valence-corrected chi connectivity index (χ2v) is 6.34. The first-order chi connectivity index (χ1) is 8.43. The zero-order valence-electron chi connectivity index (χ0n) is 11.1. The molecule has 0 atom stereocenters. The molecule has 0 aliphatic rings. The molecule has 1 aromatic rings. The van der Waals surface area contributed by atoms with Gasteiger partial charge < -0.3 is 9.52 Å². The van der Waals surface area contributed by atoms with Gasteiger partial charge >= 0.3 is 0 Å². The molecular formula is C12H21NO4S. The van der Waals surface area contributed by atoms with Gasteiger partial charge in [-0.2, -0.15) is 0 Å². The number of aliphatic hydroxyl groups excluding tert-OH is 1. The van der Waals surface area contributed by atoms with E-state index >= 15 is 0 Å². The average molecular weight is 275 g/mol. The fraction of sp³-hybridized carbons (Fsp3) is 0.667. The molecule has 0 saturated heterocycles. The molecule has 6 heteroatoms. The van der Waals surface area contributed by atoms with Gasteiger partial charge in [-0.25, -0.2) is 12.7 Å². The molecular weight excluding hydrogens is 254 g/mol. The SMILES string of the molecule is CCCCCN(C)S(=O)(=O)c1cc(CO)oc1C. The summed E-state index contributed by atoms with van der Waals surface area (Å²) in [6.45, 7) is 3.86. The largest absolute Gasteiger partial charge is 0.462 e. The smallest absolute Gasteiger partial charge is 0.246 e. The first-order valence-electron chi connectivity index (χ1n) is 6.10. The molecule has 0 aromatic carbocycles. The summed E-state index contributed by atoms with van der Waals surface area (Å²) < 4.78 is 31.0. The van der Waals surface area contributed by atoms with E-state index in [2.05, 4.69) is 6.92 Å². The van der Waals surface area contributed by atoms with Crippen LogP contribution in [0.4, 0.5) is 0 Å². The Labute approximate surface area is 108 Å². The second-order valence-electron chi connectivity index (χ2n) is 4.32. The van der Waals surface area contributed by atoms with Gasteiger partial charge in [0.15, 0.2) is 0 Å². The molecule has 0 saturated carbocycles. The lowest BCUT2D eigenvalue weighted by Crippen LogP contribution is -2.28. The standard InChI is InChI=1S/C12H21NO4S/c1-4-5-6-7-13(3)18(15,16)12-8-11(9-14)17-10(12)2/h8,14H,4-7,9H2,1-3H3. The van der Waals surface area contributed by atoms with Crippen LogP contribution in [-0.2, 0) is 16.6 Å². The van der Waals surface area contributed by atoms with Crippen LogP contribution in [0.25, 0.3) is 0 Å². The number of aryl methyl sites for hydroxylation is 1. The number of sulfonamides is 1. The number of aliphatic hydroxyl groups is 1. The molecule has 0 bridgehead atoms. The topological polar surface area (TPSA) is 70.8 Å². The molecule has 5 nitrogen and oxygen atoms in total. The maximum absolute atomic E-state index is 12.3. The molecule has 0 unspecified atom stereocenters. The van der Waals surface area contributed by atoms with Gasteiger partial charge in [0.25, 0.3) is 0 Å². The summed E-state index contributed by atoms with van der Waals surface area (Å²) in [6, 6.07) is 1.39. The van der Waals surface area contributed by atoms with E-state index in [4.69, 9.17) is 9.52 Å². The third-order valence-electron chi connectivity index (χ3n) is 2.84. The minimum atomic E-state index is -3.51. The molecule has 1 N–H and O–H groups in total. The van der Waals surface area contributed by atoms with Crippen LogP contribution in [0.3, 0.4) is 0 Å². The van der Waals surface area contributed by atoms with Crippen molar-refractivity contribution in [3.05, 3.63) is 17.6 Å². The highest BCUT2D eigenvalue weighted by Gasteiger charge is 2.25. The third kappa shape index (κ3) is 3.34. The monoisotopic (exact) mass is 275 g/mol. The van der Waals surface area contributed by atoms with E-state index in [1.54, 1.807) is 14.0 Å². The van der Waals surface area contributed by atoms with Gasteiger partial charge in [0.1, 0.15) is 23.0 Å². The highest BCUT2D eigenvalue weighted by atomic mass is 32.2. The summed E-state index contributed by atoms with van der Waals surface area (Å²) in [5.41, 5.74) is 0. The first-order valence-corrected chi connectivity index (χ1v) is 7.54. The Balaban J connectivity index is 2.87. The van der Waals surface area contributed by atoms with E-state index in [9.17, 15) is 8.42 Å². The summed E-state index contributed by atoms with van der Waals surface area (Å²) in [5.74, 6) is 0.592. The summed E-state index contributed by atoms with van der Waals surface area (Å²) in [4.78, 5) is 0.144. The van der Waals surface area contributed by atoms with E-state index < -0.39 is 10.0 Å². The van der Waals surface area contributed by atoms with Crippen molar-refractivity contribution < 1.29 is 17.9 Å². The van der Waals surface area contributed by atoms with Crippen LogP contribution in [0.15, 0.2) is 15.4 Å². The first kappa shape index (κ1) is 15.2. The Kier molecular flexibility index (Phi) is 5.37. The highest BCUT2D eigenvalue weighted by molar-refractivity contribution is 7.89. The van der Waals surface area contributed by atoms with Gasteiger partial charge in [0.05, 0.1) is 0 Å². The maximum Gasteiger partial charge on any atom is 0.246 e. The van der Waals surface area contributed by atoms with Crippen LogP contribution in [0.1, 0.15) is 37.7 Å². The fourth-order valence-corrected chi connectivity index (χ4v) is 3.12. The van der Waals surface area contributed by atoms with E-state index in [-0.39, 0.29) is 17.3 Å². The predicted molar refractivity (Wildman–Crippen MR) is 68.7 cm³/mol. The Morgan fingerprint density at radius 1 is 1.39 bits per heavy atom. The lowest BCUT2D eigenvalue weighted by atomic mass is 10.2. The van der Waals surface area contributed by atoms with Crippen molar-refractivity contribution in [2.75, 3.05) is 13.6 Å². The van der Waals surface area contributed by atoms with Gasteiger partial charge in [-0.15, -0.1) is 0 Å². The van der Waals surface area contributed by atoms with Crippen LogP contribution in [-0.4, -0.2) is 31.4 Å². The quantitative estimate of drug-likeness (QED) is 0.771. The number of rotatable bonds is 7. The maximum atomic E-state index is 12.3. The Bertz CT molecular complexity index is 478. The van der Waals surface area contributed by atoms with E-state index in [0.29, 0.717) is 12.3 Å². The van der Waals surface area contributed by atoms with Crippen molar-refractivity contribution in [1.29, 1.82) is 0 Å². The van der Waals surface area contributed by atoms with E-state index in [1.807, 2.05) is 0 Å². The summed E-state index contributed by atoms with van der Waals surface area (Å²) in [7, 11) is -1.95. The van der Waals surface area contributed by atoms with Crippen molar-refractivity contribution >= 4 is 10.0 Å². The van der Waals surface area contributed by atoms with Crippen LogP contribution in [0.5, 0.6) is 0 Å². The molecule has 104 valence electrons. The Hall–Kier alpha value is -0.850. The van der Waals surface area contributed by atoms with Crippen molar-refractivity contribution in [1.82, 2.24) is 4.31 Å². The lowest BCUT2D eigenvalue weighted by molar-refractivity contribution is 0.244. The highest BCUT2D eigenvalue weighted by Crippen LogP contribution is 2.23. The summed E-state index contributed by atoms with van der Waals surface area (Å²) in [5, 5.41) is 8.95. The average Bonchev–Trinajstić information content (AvgIpc) is 2.71. The van der Waals surface area contributed by atoms with Crippen LogP contribution in [0.2, 0.25) is 0 Å². The lowest BCUT2D eigenvalue weighted by Gasteiger charge is -2.16.